The van der Waals surface area contributed by atoms with Gasteiger partial charge in [0.15, 0.2) is 0 Å². The van der Waals surface area contributed by atoms with Gasteiger partial charge in [-0.1, -0.05) is 117 Å². The van der Waals surface area contributed by atoms with Crippen LogP contribution in [0.4, 0.5) is 0 Å². The normalized spacial score (nSPS) is 11.0. The van der Waals surface area contributed by atoms with E-state index in [1.165, 1.54) is 114 Å². The minimum absolute atomic E-state index is 0.342. The number of ether oxygens (including phenoxy) is 3. The molecule has 0 aliphatic heterocycles. The monoisotopic (exact) mass is 620 g/mol. The van der Waals surface area contributed by atoms with Crippen LogP contribution in [0.3, 0.4) is 0 Å². The zero-order valence-electron chi connectivity index (χ0n) is 27.5. The van der Waals surface area contributed by atoms with Gasteiger partial charge in [-0.05, 0) is 79.1 Å². The lowest BCUT2D eigenvalue weighted by molar-refractivity contribution is 0.0739. The maximum absolute atomic E-state index is 12.8. The highest BCUT2D eigenvalue weighted by Crippen LogP contribution is 2.30. The summed E-state index contributed by atoms with van der Waals surface area (Å²) in [7, 11) is 0. The van der Waals surface area contributed by atoms with Crippen molar-refractivity contribution in [1.82, 2.24) is 0 Å². The number of unbranched alkanes of at least 4 members (excludes halogenated alkanes) is 16. The molecule has 3 aromatic rings. The number of hydrogen-bond donors (Lipinski definition) is 0. The van der Waals surface area contributed by atoms with E-state index < -0.39 is 0 Å². The third-order valence-corrected chi connectivity index (χ3v) is 9.13. The van der Waals surface area contributed by atoms with Crippen LogP contribution in [0.15, 0.2) is 60.7 Å². The van der Waals surface area contributed by atoms with Crippen LogP contribution in [0.25, 0.3) is 10.4 Å². The quantitative estimate of drug-likeness (QED) is 0.0537. The van der Waals surface area contributed by atoms with Crippen molar-refractivity contribution in [3.05, 3.63) is 65.5 Å². The van der Waals surface area contributed by atoms with E-state index in [9.17, 15) is 4.79 Å². The molecule has 5 heteroatoms. The van der Waals surface area contributed by atoms with E-state index in [1.807, 2.05) is 36.4 Å². The van der Waals surface area contributed by atoms with Gasteiger partial charge in [0.05, 0.1) is 13.2 Å². The van der Waals surface area contributed by atoms with Crippen LogP contribution >= 0.6 is 11.3 Å². The van der Waals surface area contributed by atoms with E-state index in [0.717, 1.165) is 48.0 Å². The van der Waals surface area contributed by atoms with E-state index in [-0.39, 0.29) is 5.97 Å². The summed E-state index contributed by atoms with van der Waals surface area (Å²) in [5, 5.41) is 0. The average Bonchev–Trinajstić information content (AvgIpc) is 3.55. The first kappa shape index (κ1) is 35.7. The Morgan fingerprint density at radius 1 is 0.500 bits per heavy atom. The zero-order chi connectivity index (χ0) is 31.1. The summed E-state index contributed by atoms with van der Waals surface area (Å²) in [6, 6.07) is 19.3. The van der Waals surface area contributed by atoms with Gasteiger partial charge >= 0.3 is 5.97 Å². The van der Waals surface area contributed by atoms with Crippen molar-refractivity contribution in [3.8, 4) is 27.7 Å². The first-order valence-corrected chi connectivity index (χ1v) is 18.3. The summed E-state index contributed by atoms with van der Waals surface area (Å²) >= 11 is 1.44. The van der Waals surface area contributed by atoms with Crippen LogP contribution < -0.4 is 14.2 Å². The molecule has 0 spiro atoms. The van der Waals surface area contributed by atoms with Crippen molar-refractivity contribution in [2.24, 2.45) is 0 Å². The Hall–Kier alpha value is -2.79. The molecule has 2 aromatic carbocycles. The number of esters is 1. The summed E-state index contributed by atoms with van der Waals surface area (Å²) < 4.78 is 17.4. The number of thiophene rings is 1. The van der Waals surface area contributed by atoms with E-state index in [0.29, 0.717) is 10.6 Å². The van der Waals surface area contributed by atoms with Crippen molar-refractivity contribution < 1.29 is 19.0 Å². The smallest absolute Gasteiger partial charge is 0.353 e. The van der Waals surface area contributed by atoms with Gasteiger partial charge in [0.25, 0.3) is 0 Å². The molecule has 4 nitrogen and oxygen atoms in total. The molecule has 0 aliphatic carbocycles. The molecule has 0 fully saturated rings. The number of hydrogen-bond acceptors (Lipinski definition) is 5. The second-order valence-electron chi connectivity index (χ2n) is 11.9. The molecule has 242 valence electrons. The third-order valence-electron chi connectivity index (χ3n) is 8.01. The van der Waals surface area contributed by atoms with Crippen molar-refractivity contribution >= 4 is 17.3 Å². The Bertz CT molecular complexity index is 1140. The molecular weight excluding hydrogens is 564 g/mol. The fraction of sp³-hybridized carbons (Fsp3) is 0.564. The maximum atomic E-state index is 12.8. The first-order chi connectivity index (χ1) is 21.7. The Kier molecular flexibility index (Phi) is 18.4. The maximum Gasteiger partial charge on any atom is 0.353 e. The molecule has 1 heterocycles. The van der Waals surface area contributed by atoms with Gasteiger partial charge in [-0.3, -0.25) is 0 Å². The molecule has 0 N–H and O–H groups in total. The molecule has 0 saturated heterocycles. The molecule has 0 atom stereocenters. The van der Waals surface area contributed by atoms with Gasteiger partial charge < -0.3 is 14.2 Å². The van der Waals surface area contributed by atoms with Gasteiger partial charge in [0.2, 0.25) is 0 Å². The Morgan fingerprint density at radius 2 is 0.909 bits per heavy atom. The molecule has 3 rings (SSSR count). The Balaban J connectivity index is 1.30. The van der Waals surface area contributed by atoms with Crippen LogP contribution in [-0.2, 0) is 0 Å². The second kappa shape index (κ2) is 22.7. The fourth-order valence-corrected chi connectivity index (χ4v) is 6.17. The minimum atomic E-state index is -0.342. The predicted octanol–water partition coefficient (Wildman–Crippen LogP) is 12.5. The van der Waals surface area contributed by atoms with Crippen LogP contribution in [-0.4, -0.2) is 19.2 Å². The lowest BCUT2D eigenvalue weighted by atomic mass is 10.1. The Labute approximate surface area is 271 Å². The van der Waals surface area contributed by atoms with Crippen LogP contribution in [0.5, 0.6) is 17.2 Å². The highest BCUT2D eigenvalue weighted by atomic mass is 32.1. The van der Waals surface area contributed by atoms with E-state index in [2.05, 4.69) is 26.0 Å². The summed E-state index contributed by atoms with van der Waals surface area (Å²) in [5.41, 5.74) is 1.07. The zero-order valence-corrected chi connectivity index (χ0v) is 28.3. The van der Waals surface area contributed by atoms with Crippen molar-refractivity contribution in [3.63, 3.8) is 0 Å². The number of rotatable bonds is 25. The second-order valence-corrected chi connectivity index (χ2v) is 13.0. The molecule has 0 unspecified atom stereocenters. The van der Waals surface area contributed by atoms with Gasteiger partial charge in [-0.15, -0.1) is 11.3 Å². The average molecular weight is 621 g/mol. The SMILES string of the molecule is CCCCCCCCCCCCOc1ccc(-c2ccc(C(=O)Oc3ccc(OCCCCCCCCCC)cc3)s2)cc1. The first-order valence-electron chi connectivity index (χ1n) is 17.5. The van der Waals surface area contributed by atoms with E-state index >= 15 is 0 Å². The molecular formula is C39H56O4S. The van der Waals surface area contributed by atoms with Crippen molar-refractivity contribution in [2.45, 2.75) is 129 Å². The highest BCUT2D eigenvalue weighted by Gasteiger charge is 2.13. The highest BCUT2D eigenvalue weighted by molar-refractivity contribution is 7.17. The lowest BCUT2D eigenvalue weighted by Crippen LogP contribution is -2.06. The number of carbonyl (C=O) groups is 1. The predicted molar refractivity (Wildman–Crippen MR) is 187 cm³/mol. The molecule has 0 saturated carbocycles. The standard InChI is InChI=1S/C39H56O4S/c1-3-5-7-9-11-13-14-16-18-19-31-41-34-23-21-33(22-24-34)37-29-30-38(44-37)39(40)43-36-27-25-35(26-28-36)42-32-20-17-15-12-10-8-6-4-2/h21-30H,3-20,31-32H2,1-2H3. The minimum Gasteiger partial charge on any atom is -0.494 e. The van der Waals surface area contributed by atoms with Crippen molar-refractivity contribution in [2.75, 3.05) is 13.2 Å². The van der Waals surface area contributed by atoms with Crippen molar-refractivity contribution in [1.29, 1.82) is 0 Å². The molecule has 0 radical (unpaired) electrons. The lowest BCUT2D eigenvalue weighted by Gasteiger charge is -2.08. The molecule has 0 amide bonds. The summed E-state index contributed by atoms with van der Waals surface area (Å²) in [4.78, 5) is 14.4. The largest absolute Gasteiger partial charge is 0.494 e. The van der Waals surface area contributed by atoms with E-state index in [4.69, 9.17) is 14.2 Å². The molecule has 0 bridgehead atoms. The van der Waals surface area contributed by atoms with Gasteiger partial charge in [-0.25, -0.2) is 4.79 Å². The van der Waals surface area contributed by atoms with E-state index in [1.54, 1.807) is 12.1 Å². The summed E-state index contributed by atoms with van der Waals surface area (Å²) in [5.74, 6) is 1.88. The molecule has 44 heavy (non-hydrogen) atoms. The van der Waals surface area contributed by atoms with Crippen LogP contribution in [0.2, 0.25) is 0 Å². The number of carbonyl (C=O) groups excluding carboxylic acids is 1. The Morgan fingerprint density at radius 3 is 1.39 bits per heavy atom. The topological polar surface area (TPSA) is 44.8 Å². The summed E-state index contributed by atoms with van der Waals surface area (Å²) in [6.45, 7) is 6.00. The summed E-state index contributed by atoms with van der Waals surface area (Å²) in [6.07, 6.45) is 23.5. The van der Waals surface area contributed by atoms with Gasteiger partial charge in [0, 0.05) is 4.88 Å². The van der Waals surface area contributed by atoms with Gasteiger partial charge in [-0.2, -0.15) is 0 Å². The number of benzene rings is 2. The van der Waals surface area contributed by atoms with Crippen LogP contribution in [0, 0.1) is 0 Å². The molecule has 1 aromatic heterocycles. The molecule has 0 aliphatic rings. The third kappa shape index (κ3) is 14.8. The fourth-order valence-electron chi connectivity index (χ4n) is 5.28. The van der Waals surface area contributed by atoms with Gasteiger partial charge in [0.1, 0.15) is 22.1 Å². The van der Waals surface area contributed by atoms with Crippen LogP contribution in [0.1, 0.15) is 139 Å².